The molecule has 2 aromatic rings. The molecule has 0 aromatic heterocycles. The fourth-order valence-corrected chi connectivity index (χ4v) is 3.30. The Balaban J connectivity index is 1.96. The molecule has 1 aliphatic rings. The van der Waals surface area contributed by atoms with Crippen molar-refractivity contribution in [2.24, 2.45) is 0 Å². The van der Waals surface area contributed by atoms with Crippen LogP contribution < -0.4 is 0 Å². The van der Waals surface area contributed by atoms with Crippen molar-refractivity contribution < 1.29 is 29.0 Å². The first-order valence-electron chi connectivity index (χ1n) is 9.33. The van der Waals surface area contributed by atoms with Crippen molar-refractivity contribution in [3.63, 3.8) is 0 Å². The Labute approximate surface area is 173 Å². The summed E-state index contributed by atoms with van der Waals surface area (Å²) in [6.07, 6.45) is -1.55. The summed E-state index contributed by atoms with van der Waals surface area (Å²) in [5.41, 5.74) is 1.55. The molecule has 0 aliphatic carbocycles. The number of carbonyl (C=O) groups excluding carboxylic acids is 2. The van der Waals surface area contributed by atoms with Crippen molar-refractivity contribution >= 4 is 18.2 Å². The van der Waals surface area contributed by atoms with Crippen molar-refractivity contribution in [1.29, 1.82) is 0 Å². The maximum absolute atomic E-state index is 13.2. The third-order valence-electron chi connectivity index (χ3n) is 4.60. The third-order valence-corrected chi connectivity index (χ3v) is 4.60. The Kier molecular flexibility index (Phi) is 6.69. The molecule has 3 rings (SSSR count). The Hall–Kier alpha value is -3.81. The van der Waals surface area contributed by atoms with E-state index in [0.29, 0.717) is 0 Å². The van der Waals surface area contributed by atoms with Crippen LogP contribution in [0, 0.1) is 0 Å². The molecule has 1 N–H and O–H groups in total. The minimum absolute atomic E-state index is 0.0683. The SMILES string of the molecule is C=CCOC(=O)[C@H]1[C@@H](OC(=O)O)N(Cc2ccccc2)C(=O)N1Cc1ccccc1. The van der Waals surface area contributed by atoms with E-state index in [4.69, 9.17) is 9.47 Å². The molecular formula is C22H22N2O6. The van der Waals surface area contributed by atoms with Gasteiger partial charge in [0.05, 0.1) is 6.54 Å². The predicted molar refractivity (Wildman–Crippen MR) is 107 cm³/mol. The number of carbonyl (C=O) groups is 3. The number of carboxylic acid groups (broad SMARTS) is 1. The zero-order valence-corrected chi connectivity index (χ0v) is 16.2. The molecule has 8 heteroatoms. The highest BCUT2D eigenvalue weighted by Crippen LogP contribution is 2.29. The van der Waals surface area contributed by atoms with E-state index >= 15 is 0 Å². The van der Waals surface area contributed by atoms with Crippen LogP contribution in [-0.2, 0) is 27.4 Å². The number of rotatable bonds is 8. The molecule has 0 unspecified atom stereocenters. The molecule has 1 fully saturated rings. The van der Waals surface area contributed by atoms with Gasteiger partial charge in [0.25, 0.3) is 0 Å². The van der Waals surface area contributed by atoms with Gasteiger partial charge in [-0.05, 0) is 11.1 Å². The topological polar surface area (TPSA) is 96.4 Å². The summed E-state index contributed by atoms with van der Waals surface area (Å²) in [6.45, 7) is 3.61. The van der Waals surface area contributed by atoms with E-state index in [1.54, 1.807) is 24.3 Å². The highest BCUT2D eigenvalue weighted by molar-refractivity contribution is 5.88. The average molecular weight is 410 g/mol. The fourth-order valence-electron chi connectivity index (χ4n) is 3.30. The first-order valence-corrected chi connectivity index (χ1v) is 9.33. The summed E-state index contributed by atoms with van der Waals surface area (Å²) in [5.74, 6) is -0.763. The quantitative estimate of drug-likeness (QED) is 0.530. The molecule has 2 atom stereocenters. The minimum atomic E-state index is -1.59. The van der Waals surface area contributed by atoms with E-state index in [1.807, 2.05) is 36.4 Å². The highest BCUT2D eigenvalue weighted by Gasteiger charge is 2.52. The second-order valence-electron chi connectivity index (χ2n) is 6.65. The lowest BCUT2D eigenvalue weighted by Gasteiger charge is -2.25. The maximum Gasteiger partial charge on any atom is 0.507 e. The molecule has 8 nitrogen and oxygen atoms in total. The number of hydrogen-bond donors (Lipinski definition) is 1. The van der Waals surface area contributed by atoms with Crippen LogP contribution in [0.15, 0.2) is 73.3 Å². The first-order chi connectivity index (χ1) is 14.5. The van der Waals surface area contributed by atoms with Gasteiger partial charge in [-0.2, -0.15) is 0 Å². The lowest BCUT2D eigenvalue weighted by Crippen LogP contribution is -2.46. The molecule has 1 saturated heterocycles. The van der Waals surface area contributed by atoms with Gasteiger partial charge in [-0.25, -0.2) is 14.4 Å². The molecule has 0 radical (unpaired) electrons. The van der Waals surface area contributed by atoms with Crippen LogP contribution in [0.5, 0.6) is 0 Å². The standard InChI is InChI=1S/C22H22N2O6/c1-2-13-29-20(25)18-19(30-22(27)28)24(15-17-11-7-4-8-12-17)21(26)23(18)14-16-9-5-3-6-10-16/h2-12,18-19H,1,13-15H2,(H,27,28)/t18-,19-/m1/s1. The summed E-state index contributed by atoms with van der Waals surface area (Å²) < 4.78 is 10.2. The Morgan fingerprint density at radius 2 is 1.50 bits per heavy atom. The molecule has 156 valence electrons. The summed E-state index contributed by atoms with van der Waals surface area (Å²) in [5, 5.41) is 9.25. The summed E-state index contributed by atoms with van der Waals surface area (Å²) in [4.78, 5) is 39.9. The monoisotopic (exact) mass is 410 g/mol. The molecular weight excluding hydrogens is 388 g/mol. The second-order valence-corrected chi connectivity index (χ2v) is 6.65. The minimum Gasteiger partial charge on any atom is -0.460 e. The van der Waals surface area contributed by atoms with E-state index < -0.39 is 30.4 Å². The number of nitrogens with zero attached hydrogens (tertiary/aromatic N) is 2. The summed E-state index contributed by atoms with van der Waals surface area (Å²) in [7, 11) is 0. The van der Waals surface area contributed by atoms with Gasteiger partial charge in [0.15, 0.2) is 6.04 Å². The third kappa shape index (κ3) is 4.78. The van der Waals surface area contributed by atoms with E-state index in [9.17, 15) is 19.5 Å². The Bertz CT molecular complexity index is 902. The fraction of sp³-hybridized carbons (Fsp3) is 0.227. The van der Waals surface area contributed by atoms with Gasteiger partial charge in [-0.15, -0.1) is 0 Å². The van der Waals surface area contributed by atoms with Gasteiger partial charge in [-0.3, -0.25) is 4.90 Å². The van der Waals surface area contributed by atoms with Gasteiger partial charge in [0.2, 0.25) is 6.23 Å². The van der Waals surface area contributed by atoms with Crippen LogP contribution >= 0.6 is 0 Å². The van der Waals surface area contributed by atoms with Crippen molar-refractivity contribution in [3.05, 3.63) is 84.4 Å². The first kappa shape index (κ1) is 20.9. The molecule has 2 amide bonds. The summed E-state index contributed by atoms with van der Waals surface area (Å²) >= 11 is 0. The highest BCUT2D eigenvalue weighted by atomic mass is 16.7. The van der Waals surface area contributed by atoms with Crippen LogP contribution in [0.3, 0.4) is 0 Å². The number of amides is 2. The number of urea groups is 1. The van der Waals surface area contributed by atoms with Crippen molar-refractivity contribution in [1.82, 2.24) is 9.80 Å². The van der Waals surface area contributed by atoms with Crippen molar-refractivity contribution in [2.75, 3.05) is 6.61 Å². The Morgan fingerprint density at radius 1 is 0.967 bits per heavy atom. The largest absolute Gasteiger partial charge is 0.507 e. The Morgan fingerprint density at radius 3 is 2.00 bits per heavy atom. The molecule has 1 aliphatic heterocycles. The normalized spacial score (nSPS) is 18.2. The average Bonchev–Trinajstić information content (AvgIpc) is 2.98. The predicted octanol–water partition coefficient (Wildman–Crippen LogP) is 3.24. The van der Waals surface area contributed by atoms with Gasteiger partial charge in [-0.1, -0.05) is 73.3 Å². The van der Waals surface area contributed by atoms with E-state index in [-0.39, 0.29) is 19.7 Å². The van der Waals surface area contributed by atoms with Crippen LogP contribution in [-0.4, -0.2) is 51.9 Å². The van der Waals surface area contributed by atoms with E-state index in [0.717, 1.165) is 11.1 Å². The zero-order valence-electron chi connectivity index (χ0n) is 16.2. The molecule has 1 heterocycles. The molecule has 0 saturated carbocycles. The molecule has 0 spiro atoms. The maximum atomic E-state index is 13.2. The van der Waals surface area contributed by atoms with Crippen LogP contribution in [0.25, 0.3) is 0 Å². The molecule has 2 aromatic carbocycles. The lowest BCUT2D eigenvalue weighted by molar-refractivity contribution is -0.152. The smallest absolute Gasteiger partial charge is 0.460 e. The van der Waals surface area contributed by atoms with Gasteiger partial charge < -0.3 is 19.5 Å². The zero-order chi connectivity index (χ0) is 21.5. The number of ether oxygens (including phenoxy) is 2. The molecule has 0 bridgehead atoms. The van der Waals surface area contributed by atoms with Crippen LogP contribution in [0.4, 0.5) is 9.59 Å². The van der Waals surface area contributed by atoms with Crippen molar-refractivity contribution in [2.45, 2.75) is 25.4 Å². The summed E-state index contributed by atoms with van der Waals surface area (Å²) in [6, 6.07) is 16.4. The van der Waals surface area contributed by atoms with Gasteiger partial charge in [0.1, 0.15) is 6.61 Å². The number of esters is 1. The number of hydrogen-bond acceptors (Lipinski definition) is 5. The van der Waals surface area contributed by atoms with Gasteiger partial charge in [0, 0.05) is 6.54 Å². The van der Waals surface area contributed by atoms with E-state index in [2.05, 4.69) is 6.58 Å². The van der Waals surface area contributed by atoms with Crippen molar-refractivity contribution in [3.8, 4) is 0 Å². The van der Waals surface area contributed by atoms with E-state index in [1.165, 1.54) is 15.9 Å². The van der Waals surface area contributed by atoms with Gasteiger partial charge >= 0.3 is 18.2 Å². The lowest BCUT2D eigenvalue weighted by atomic mass is 10.1. The number of benzene rings is 2. The van der Waals surface area contributed by atoms with Crippen LogP contribution in [0.1, 0.15) is 11.1 Å². The van der Waals surface area contributed by atoms with Crippen LogP contribution in [0.2, 0.25) is 0 Å². The second kappa shape index (κ2) is 9.60. The molecule has 30 heavy (non-hydrogen) atoms.